The molecular weight excluding hydrogens is 380 g/mol. The van der Waals surface area contributed by atoms with Crippen LogP contribution < -0.4 is 5.32 Å². The zero-order valence-corrected chi connectivity index (χ0v) is 16.1. The number of pyridine rings is 1. The van der Waals surface area contributed by atoms with Crippen LogP contribution in [0.2, 0.25) is 0 Å². The number of thiophene rings is 1. The van der Waals surface area contributed by atoms with E-state index in [1.54, 1.807) is 23.8 Å². The number of anilines is 1. The minimum absolute atomic E-state index is 0.160. The van der Waals surface area contributed by atoms with Crippen LogP contribution in [-0.4, -0.2) is 30.9 Å². The van der Waals surface area contributed by atoms with Crippen LogP contribution >= 0.6 is 23.1 Å². The predicted octanol–water partition coefficient (Wildman–Crippen LogP) is 3.73. The van der Waals surface area contributed by atoms with Crippen molar-refractivity contribution in [1.82, 2.24) is 19.7 Å². The highest BCUT2D eigenvalue weighted by Gasteiger charge is 2.31. The molecule has 3 heterocycles. The standard InChI is InChI=1S/C18H16N6OS2/c1-11(16(25)21-17-12(9-19)6-8-26-17)27-18-23-22-15(24(18)14-4-5-14)13-3-2-7-20-10-13/h2-3,6-8,10-11,14H,4-5H2,1H3,(H,21,25)/t11-/m0/s1. The summed E-state index contributed by atoms with van der Waals surface area (Å²) in [7, 11) is 0. The van der Waals surface area contributed by atoms with Gasteiger partial charge < -0.3 is 5.32 Å². The lowest BCUT2D eigenvalue weighted by Crippen LogP contribution is -2.22. The largest absolute Gasteiger partial charge is 0.316 e. The Morgan fingerprint density at radius 2 is 2.30 bits per heavy atom. The van der Waals surface area contributed by atoms with Gasteiger partial charge in [0, 0.05) is 24.0 Å². The molecule has 1 aliphatic carbocycles. The molecule has 27 heavy (non-hydrogen) atoms. The van der Waals surface area contributed by atoms with Gasteiger partial charge in [0.25, 0.3) is 0 Å². The van der Waals surface area contributed by atoms with Gasteiger partial charge in [-0.1, -0.05) is 11.8 Å². The predicted molar refractivity (Wildman–Crippen MR) is 105 cm³/mol. The van der Waals surface area contributed by atoms with Gasteiger partial charge in [-0.15, -0.1) is 21.5 Å². The van der Waals surface area contributed by atoms with Crippen LogP contribution in [0, 0.1) is 11.3 Å². The Labute approximate surface area is 164 Å². The molecule has 0 aromatic carbocycles. The monoisotopic (exact) mass is 396 g/mol. The number of carbonyl (C=O) groups excluding carboxylic acids is 1. The van der Waals surface area contributed by atoms with Crippen LogP contribution in [0.5, 0.6) is 0 Å². The zero-order chi connectivity index (χ0) is 18.8. The maximum atomic E-state index is 12.6. The molecule has 0 saturated heterocycles. The van der Waals surface area contributed by atoms with Crippen molar-refractivity contribution in [3.05, 3.63) is 41.5 Å². The highest BCUT2D eigenvalue weighted by atomic mass is 32.2. The normalized spacial score (nSPS) is 14.5. The van der Waals surface area contributed by atoms with Crippen molar-refractivity contribution in [3.63, 3.8) is 0 Å². The van der Waals surface area contributed by atoms with Crippen LogP contribution in [0.15, 0.2) is 41.1 Å². The molecule has 7 nitrogen and oxygen atoms in total. The topological polar surface area (TPSA) is 96.5 Å². The van der Waals surface area contributed by atoms with Crippen molar-refractivity contribution in [2.45, 2.75) is 36.2 Å². The van der Waals surface area contributed by atoms with E-state index >= 15 is 0 Å². The molecule has 9 heteroatoms. The summed E-state index contributed by atoms with van der Waals surface area (Å²) in [5.41, 5.74) is 1.39. The summed E-state index contributed by atoms with van der Waals surface area (Å²) in [6.45, 7) is 1.83. The molecule has 136 valence electrons. The second kappa shape index (κ2) is 7.50. The molecule has 4 rings (SSSR count). The third kappa shape index (κ3) is 3.72. The van der Waals surface area contributed by atoms with Crippen LogP contribution in [0.3, 0.4) is 0 Å². The first-order valence-electron chi connectivity index (χ1n) is 8.47. The van der Waals surface area contributed by atoms with E-state index in [9.17, 15) is 4.79 Å². The second-order valence-corrected chi connectivity index (χ2v) is 8.40. The molecule has 3 aromatic rings. The summed E-state index contributed by atoms with van der Waals surface area (Å²) in [6.07, 6.45) is 5.66. The Bertz CT molecular complexity index is 1000. The van der Waals surface area contributed by atoms with Crippen LogP contribution in [0.1, 0.15) is 31.4 Å². The minimum atomic E-state index is -0.373. The summed E-state index contributed by atoms with van der Waals surface area (Å²) in [5, 5.41) is 23.3. The van der Waals surface area contributed by atoms with E-state index in [1.165, 1.54) is 23.1 Å². The highest BCUT2D eigenvalue weighted by Crippen LogP contribution is 2.41. The van der Waals surface area contributed by atoms with Gasteiger partial charge in [-0.25, -0.2) is 0 Å². The summed E-state index contributed by atoms with van der Waals surface area (Å²) in [4.78, 5) is 16.7. The van der Waals surface area contributed by atoms with Crippen LogP contribution in [-0.2, 0) is 4.79 Å². The molecule has 1 amide bonds. The van der Waals surface area contributed by atoms with Gasteiger partial charge in [-0.05, 0) is 43.3 Å². The molecule has 0 spiro atoms. The Balaban J connectivity index is 1.53. The quantitative estimate of drug-likeness (QED) is 0.638. The van der Waals surface area contributed by atoms with Crippen molar-refractivity contribution in [2.75, 3.05) is 5.32 Å². The van der Waals surface area contributed by atoms with Crippen LogP contribution in [0.4, 0.5) is 5.00 Å². The molecule has 1 N–H and O–H groups in total. The Hall–Kier alpha value is -2.70. The Morgan fingerprint density at radius 1 is 1.44 bits per heavy atom. The van der Waals surface area contributed by atoms with E-state index in [-0.39, 0.29) is 11.2 Å². The average molecular weight is 397 g/mol. The van der Waals surface area contributed by atoms with E-state index in [1.807, 2.05) is 19.1 Å². The van der Waals surface area contributed by atoms with Gasteiger partial charge >= 0.3 is 0 Å². The molecule has 0 radical (unpaired) electrons. The average Bonchev–Trinajstić information content (AvgIpc) is 3.28. The lowest BCUT2D eigenvalue weighted by molar-refractivity contribution is -0.115. The van der Waals surface area contributed by atoms with E-state index < -0.39 is 0 Å². The number of thioether (sulfide) groups is 1. The number of rotatable bonds is 6. The second-order valence-electron chi connectivity index (χ2n) is 6.17. The number of nitrogens with one attached hydrogen (secondary N) is 1. The highest BCUT2D eigenvalue weighted by molar-refractivity contribution is 8.00. The first-order chi connectivity index (χ1) is 13.2. The molecule has 1 fully saturated rings. The van der Waals surface area contributed by atoms with E-state index in [0.29, 0.717) is 16.6 Å². The molecule has 0 aliphatic heterocycles. The molecule has 3 aromatic heterocycles. The number of aromatic nitrogens is 4. The summed E-state index contributed by atoms with van der Waals surface area (Å²) >= 11 is 2.72. The van der Waals surface area contributed by atoms with Gasteiger partial charge in [0.2, 0.25) is 5.91 Å². The van der Waals surface area contributed by atoms with Gasteiger partial charge in [-0.3, -0.25) is 14.3 Å². The lowest BCUT2D eigenvalue weighted by Gasteiger charge is -2.13. The molecule has 1 atom stereocenters. The Morgan fingerprint density at radius 3 is 3.00 bits per heavy atom. The van der Waals surface area contributed by atoms with Gasteiger partial charge in [0.05, 0.1) is 10.8 Å². The number of nitrogens with zero attached hydrogens (tertiary/aromatic N) is 5. The first-order valence-corrected chi connectivity index (χ1v) is 10.2. The SMILES string of the molecule is C[C@H](Sc1nnc(-c2cccnc2)n1C1CC1)C(=O)Nc1sccc1C#N. The fraction of sp³-hybridized carbons (Fsp3) is 0.278. The zero-order valence-electron chi connectivity index (χ0n) is 14.5. The van der Waals surface area contributed by atoms with Crippen molar-refractivity contribution in [3.8, 4) is 17.5 Å². The number of carbonyl (C=O) groups is 1. The number of amides is 1. The number of hydrogen-bond donors (Lipinski definition) is 1. The summed E-state index contributed by atoms with van der Waals surface area (Å²) in [5.74, 6) is 0.623. The Kier molecular flexibility index (Phi) is 4.92. The molecule has 0 bridgehead atoms. The van der Waals surface area contributed by atoms with Crippen molar-refractivity contribution >= 4 is 34.0 Å². The molecule has 1 aliphatic rings. The van der Waals surface area contributed by atoms with Crippen molar-refractivity contribution in [1.29, 1.82) is 5.26 Å². The van der Waals surface area contributed by atoms with Crippen LogP contribution in [0.25, 0.3) is 11.4 Å². The van der Waals surface area contributed by atoms with E-state index in [2.05, 4.69) is 31.1 Å². The fourth-order valence-corrected chi connectivity index (χ4v) is 4.29. The molecule has 1 saturated carbocycles. The van der Waals surface area contributed by atoms with Gasteiger partial charge in [0.15, 0.2) is 11.0 Å². The number of nitriles is 1. The molecule has 0 unspecified atom stereocenters. The molecular formula is C18H16N6OS2. The smallest absolute Gasteiger partial charge is 0.238 e. The first kappa shape index (κ1) is 17.7. The maximum absolute atomic E-state index is 12.6. The van der Waals surface area contributed by atoms with Crippen molar-refractivity contribution < 1.29 is 4.79 Å². The van der Waals surface area contributed by atoms with Crippen molar-refractivity contribution in [2.24, 2.45) is 0 Å². The summed E-state index contributed by atoms with van der Waals surface area (Å²) in [6, 6.07) is 7.98. The fourth-order valence-electron chi connectivity index (χ4n) is 2.63. The van der Waals surface area contributed by atoms with Gasteiger partial charge in [-0.2, -0.15) is 5.26 Å². The maximum Gasteiger partial charge on any atom is 0.238 e. The minimum Gasteiger partial charge on any atom is -0.316 e. The third-order valence-electron chi connectivity index (χ3n) is 4.17. The van der Waals surface area contributed by atoms with E-state index in [4.69, 9.17) is 5.26 Å². The third-order valence-corrected chi connectivity index (χ3v) is 6.06. The van der Waals surface area contributed by atoms with Gasteiger partial charge in [0.1, 0.15) is 11.1 Å². The summed E-state index contributed by atoms with van der Waals surface area (Å²) < 4.78 is 2.11. The lowest BCUT2D eigenvalue weighted by atomic mass is 10.3. The van der Waals surface area contributed by atoms with E-state index in [0.717, 1.165) is 29.4 Å². The number of hydrogen-bond acceptors (Lipinski definition) is 7.